The van der Waals surface area contributed by atoms with Gasteiger partial charge in [0.25, 0.3) is 5.91 Å². The average Bonchev–Trinajstić information content (AvgIpc) is 2.53. The van der Waals surface area contributed by atoms with E-state index in [-0.39, 0.29) is 24.1 Å². The van der Waals surface area contributed by atoms with E-state index in [4.69, 9.17) is 0 Å². The average molecular weight is 390 g/mol. The van der Waals surface area contributed by atoms with Gasteiger partial charge in [-0.05, 0) is 42.5 Å². The van der Waals surface area contributed by atoms with E-state index >= 15 is 0 Å². The van der Waals surface area contributed by atoms with Crippen molar-refractivity contribution in [2.45, 2.75) is 31.5 Å². The standard InChI is InChI=1S/C16H17F3N2O4S/c1-9(22)20-12-7-10(6-11(8-12)16(17,18)19)13(23)21-15(14(24)25)2-4-26-5-3-15/h6-8H,2-5H2,1H3,(H,20,22)(H,21,23)(H,24,25). The van der Waals surface area contributed by atoms with Gasteiger partial charge in [0.15, 0.2) is 0 Å². The first-order chi connectivity index (χ1) is 12.0. The predicted molar refractivity (Wildman–Crippen MR) is 90.1 cm³/mol. The lowest BCUT2D eigenvalue weighted by Crippen LogP contribution is -2.56. The normalized spacial score (nSPS) is 16.6. The molecule has 0 aromatic heterocycles. The maximum Gasteiger partial charge on any atom is 0.416 e. The van der Waals surface area contributed by atoms with Crippen molar-refractivity contribution >= 4 is 35.2 Å². The molecule has 1 aliphatic heterocycles. The van der Waals surface area contributed by atoms with Crippen LogP contribution < -0.4 is 10.6 Å². The molecule has 2 amide bonds. The van der Waals surface area contributed by atoms with Crippen LogP contribution in [0.15, 0.2) is 18.2 Å². The lowest BCUT2D eigenvalue weighted by atomic mass is 9.91. The number of hydrogen-bond donors (Lipinski definition) is 3. The van der Waals surface area contributed by atoms with E-state index in [9.17, 15) is 32.7 Å². The lowest BCUT2D eigenvalue weighted by molar-refractivity contribution is -0.145. The molecule has 6 nitrogen and oxygen atoms in total. The SMILES string of the molecule is CC(=O)Nc1cc(C(=O)NC2(C(=O)O)CCSCC2)cc(C(F)(F)F)c1. The van der Waals surface area contributed by atoms with Gasteiger partial charge in [0, 0.05) is 18.2 Å². The molecule has 0 spiro atoms. The van der Waals surface area contributed by atoms with Crippen molar-refractivity contribution in [1.29, 1.82) is 0 Å². The number of hydrogen-bond acceptors (Lipinski definition) is 4. The predicted octanol–water partition coefficient (Wildman–Crippen LogP) is 2.74. The van der Waals surface area contributed by atoms with Crippen LogP contribution in [0.1, 0.15) is 35.7 Å². The van der Waals surface area contributed by atoms with Gasteiger partial charge in [0.1, 0.15) is 5.54 Å². The second-order valence-corrected chi connectivity index (χ2v) is 7.16. The van der Waals surface area contributed by atoms with Crippen molar-refractivity contribution in [3.8, 4) is 0 Å². The summed E-state index contributed by atoms with van der Waals surface area (Å²) in [4.78, 5) is 35.2. The number of carbonyl (C=O) groups is 3. The number of thioether (sulfide) groups is 1. The highest BCUT2D eigenvalue weighted by atomic mass is 32.2. The first-order valence-electron chi connectivity index (χ1n) is 7.67. The van der Waals surface area contributed by atoms with Crippen LogP contribution >= 0.6 is 11.8 Å². The molecule has 1 aliphatic rings. The van der Waals surface area contributed by atoms with Crippen LogP contribution in [0, 0.1) is 0 Å². The monoisotopic (exact) mass is 390 g/mol. The molecule has 0 radical (unpaired) electrons. The summed E-state index contributed by atoms with van der Waals surface area (Å²) < 4.78 is 39.2. The zero-order valence-electron chi connectivity index (χ0n) is 13.8. The van der Waals surface area contributed by atoms with Crippen LogP contribution in [0.4, 0.5) is 18.9 Å². The maximum absolute atomic E-state index is 13.1. The van der Waals surface area contributed by atoms with Gasteiger partial charge in [-0.1, -0.05) is 0 Å². The molecule has 1 saturated heterocycles. The van der Waals surface area contributed by atoms with Crippen molar-refractivity contribution in [1.82, 2.24) is 5.32 Å². The van der Waals surface area contributed by atoms with Crippen LogP contribution in [0.3, 0.4) is 0 Å². The first kappa shape index (κ1) is 20.1. The van der Waals surface area contributed by atoms with Crippen LogP contribution in [0.5, 0.6) is 0 Å². The minimum atomic E-state index is -4.73. The number of carboxylic acid groups (broad SMARTS) is 1. The van der Waals surface area contributed by atoms with Gasteiger partial charge in [-0.3, -0.25) is 9.59 Å². The third-order valence-electron chi connectivity index (χ3n) is 3.95. The van der Waals surface area contributed by atoms with E-state index in [2.05, 4.69) is 10.6 Å². The Morgan fingerprint density at radius 2 is 1.77 bits per heavy atom. The van der Waals surface area contributed by atoms with Gasteiger partial charge in [0.2, 0.25) is 5.91 Å². The minimum Gasteiger partial charge on any atom is -0.480 e. The smallest absolute Gasteiger partial charge is 0.416 e. The Balaban J connectivity index is 2.37. The van der Waals surface area contributed by atoms with Crippen LogP contribution in [-0.4, -0.2) is 39.9 Å². The molecule has 1 heterocycles. The fraction of sp³-hybridized carbons (Fsp3) is 0.438. The summed E-state index contributed by atoms with van der Waals surface area (Å²) in [5.41, 5.74) is -3.19. The number of amides is 2. The number of halogens is 3. The van der Waals surface area contributed by atoms with Gasteiger partial charge in [-0.2, -0.15) is 24.9 Å². The summed E-state index contributed by atoms with van der Waals surface area (Å²) in [5.74, 6) is -1.71. The second kappa shape index (κ2) is 7.56. The summed E-state index contributed by atoms with van der Waals surface area (Å²) >= 11 is 1.54. The molecule has 142 valence electrons. The molecule has 26 heavy (non-hydrogen) atoms. The summed E-state index contributed by atoms with van der Waals surface area (Å²) in [6.07, 6.45) is -4.37. The molecule has 1 aromatic carbocycles. The van der Waals surface area contributed by atoms with Gasteiger partial charge < -0.3 is 15.7 Å². The third kappa shape index (κ3) is 4.69. The molecule has 2 rings (SSSR count). The van der Waals surface area contributed by atoms with Crippen LogP contribution in [-0.2, 0) is 15.8 Å². The quantitative estimate of drug-likeness (QED) is 0.735. The van der Waals surface area contributed by atoms with Gasteiger partial charge in [-0.25, -0.2) is 4.79 Å². The first-order valence-corrected chi connectivity index (χ1v) is 8.82. The van der Waals surface area contributed by atoms with Gasteiger partial charge >= 0.3 is 12.1 Å². The summed E-state index contributed by atoms with van der Waals surface area (Å²) in [7, 11) is 0. The van der Waals surface area contributed by atoms with Crippen molar-refractivity contribution < 1.29 is 32.7 Å². The Bertz CT molecular complexity index is 731. The van der Waals surface area contributed by atoms with E-state index < -0.39 is 35.1 Å². The van der Waals surface area contributed by atoms with Crippen molar-refractivity contribution in [3.05, 3.63) is 29.3 Å². The Hall–Kier alpha value is -2.23. The Kier molecular flexibility index (Phi) is 5.84. The number of carboxylic acids is 1. The molecule has 0 atom stereocenters. The molecular weight excluding hydrogens is 373 g/mol. The number of alkyl halides is 3. The molecule has 10 heteroatoms. The molecule has 0 unspecified atom stereocenters. The van der Waals surface area contributed by atoms with Crippen molar-refractivity contribution in [2.75, 3.05) is 16.8 Å². The topological polar surface area (TPSA) is 95.5 Å². The van der Waals surface area contributed by atoms with Crippen LogP contribution in [0.2, 0.25) is 0 Å². The van der Waals surface area contributed by atoms with Crippen LogP contribution in [0.25, 0.3) is 0 Å². The zero-order chi connectivity index (χ0) is 19.5. The molecule has 1 fully saturated rings. The van der Waals surface area contributed by atoms with E-state index in [0.717, 1.165) is 13.0 Å². The number of nitrogens with one attached hydrogen (secondary N) is 2. The minimum absolute atomic E-state index is 0.177. The summed E-state index contributed by atoms with van der Waals surface area (Å²) in [6.45, 7) is 1.12. The van der Waals surface area contributed by atoms with E-state index in [1.807, 2.05) is 0 Å². The highest BCUT2D eigenvalue weighted by Gasteiger charge is 2.41. The fourth-order valence-corrected chi connectivity index (χ4v) is 3.79. The van der Waals surface area contributed by atoms with Crippen molar-refractivity contribution in [3.63, 3.8) is 0 Å². The molecule has 0 saturated carbocycles. The highest BCUT2D eigenvalue weighted by Crippen LogP contribution is 2.33. The van der Waals surface area contributed by atoms with E-state index in [1.165, 1.54) is 0 Å². The summed E-state index contributed by atoms with van der Waals surface area (Å²) in [5, 5.41) is 14.1. The zero-order valence-corrected chi connectivity index (χ0v) is 14.6. The Morgan fingerprint density at radius 3 is 2.27 bits per heavy atom. The lowest BCUT2D eigenvalue weighted by Gasteiger charge is -2.33. The number of carbonyl (C=O) groups excluding carboxylic acids is 2. The number of aliphatic carboxylic acids is 1. The number of anilines is 1. The molecular formula is C16H17F3N2O4S. The molecule has 0 bridgehead atoms. The molecule has 3 N–H and O–H groups in total. The van der Waals surface area contributed by atoms with E-state index in [0.29, 0.717) is 23.6 Å². The van der Waals surface area contributed by atoms with Gasteiger partial charge in [-0.15, -0.1) is 0 Å². The third-order valence-corrected chi connectivity index (χ3v) is 4.94. The fourth-order valence-electron chi connectivity index (χ4n) is 2.60. The van der Waals surface area contributed by atoms with E-state index in [1.54, 1.807) is 11.8 Å². The van der Waals surface area contributed by atoms with Gasteiger partial charge in [0.05, 0.1) is 5.56 Å². The Morgan fingerprint density at radius 1 is 1.15 bits per heavy atom. The highest BCUT2D eigenvalue weighted by molar-refractivity contribution is 7.99. The Labute approximate surface area is 151 Å². The maximum atomic E-state index is 13.1. The molecule has 1 aromatic rings. The number of rotatable bonds is 4. The summed E-state index contributed by atoms with van der Waals surface area (Å²) in [6, 6.07) is 2.43. The largest absolute Gasteiger partial charge is 0.480 e. The molecule has 0 aliphatic carbocycles. The van der Waals surface area contributed by atoms with Crippen molar-refractivity contribution in [2.24, 2.45) is 0 Å². The number of benzene rings is 1. The second-order valence-electron chi connectivity index (χ2n) is 5.93.